The number of likely N-dealkylation sites (N-methyl/N-ethyl adjacent to an activating group) is 1. The highest BCUT2D eigenvalue weighted by Gasteiger charge is 2.48. The Morgan fingerprint density at radius 2 is 1.86 bits per heavy atom. The van der Waals surface area contributed by atoms with Crippen LogP contribution in [0.25, 0.3) is 11.0 Å². The number of aromatic nitrogens is 4. The third kappa shape index (κ3) is 4.18. The summed E-state index contributed by atoms with van der Waals surface area (Å²) in [6.45, 7) is 7.11. The minimum Gasteiger partial charge on any atom is -0.369 e. The quantitative estimate of drug-likeness (QED) is 0.517. The van der Waals surface area contributed by atoms with Gasteiger partial charge in [0.1, 0.15) is 18.1 Å². The number of fused-ring (bicyclic) bond motifs is 4. The van der Waals surface area contributed by atoms with Gasteiger partial charge in [0.15, 0.2) is 13.9 Å². The average molecular weight is 508 g/mol. The van der Waals surface area contributed by atoms with Gasteiger partial charge in [0.25, 0.3) is 0 Å². The summed E-state index contributed by atoms with van der Waals surface area (Å²) in [7, 11) is 1.51. The number of aliphatic hydroxyl groups is 1. The van der Waals surface area contributed by atoms with E-state index in [2.05, 4.69) is 66.5 Å². The standard InChI is InChI=1S/C26H36N8OP/c1-31-11-13-32(14-12-31)20-7-8-22(27-17-20)29-25-28-16-19-15-21-24(35)33(36(2)3)18-26(9-5-4-6-10-26)34(21)23(19)30-25/h7-8,15-17,24,35H,2,4-6,9-14,18H2,1,3H3,(H,27,28,29,30)/q+1. The molecule has 6 rings (SSSR count). The zero-order valence-electron chi connectivity index (χ0n) is 21.3. The monoisotopic (exact) mass is 507 g/mol. The van der Waals surface area contributed by atoms with E-state index in [1.54, 1.807) is 0 Å². The lowest BCUT2D eigenvalue weighted by molar-refractivity contribution is -0.00714. The highest BCUT2D eigenvalue weighted by molar-refractivity contribution is 7.52. The molecule has 2 fully saturated rings. The summed E-state index contributed by atoms with van der Waals surface area (Å²) in [4.78, 5) is 18.9. The van der Waals surface area contributed by atoms with Crippen LogP contribution in [0.15, 0.2) is 30.6 Å². The first-order valence-electron chi connectivity index (χ1n) is 13.0. The Kier molecular flexibility index (Phi) is 6.20. The van der Waals surface area contributed by atoms with E-state index in [-0.39, 0.29) is 5.54 Å². The lowest BCUT2D eigenvalue weighted by Crippen LogP contribution is -2.51. The lowest BCUT2D eigenvalue weighted by atomic mass is 9.80. The number of nitrogens with one attached hydrogen (secondary N) is 1. The van der Waals surface area contributed by atoms with E-state index >= 15 is 0 Å². The second-order valence-electron chi connectivity index (χ2n) is 10.6. The van der Waals surface area contributed by atoms with E-state index < -0.39 is 13.9 Å². The minimum atomic E-state index is -0.666. The summed E-state index contributed by atoms with van der Waals surface area (Å²) in [5.41, 5.74) is 2.89. The largest absolute Gasteiger partial charge is 0.369 e. The Labute approximate surface area is 213 Å². The SMILES string of the molecule is C=[P+](C)N1CC2(CCCCC2)n2c(cc3cnc(Nc4ccc(N5CCN(C)CC5)cn4)nc32)C1O. The molecule has 3 aromatic rings. The van der Waals surface area contributed by atoms with E-state index in [4.69, 9.17) is 4.98 Å². The molecule has 1 saturated carbocycles. The third-order valence-electron chi connectivity index (χ3n) is 8.13. The summed E-state index contributed by atoms with van der Waals surface area (Å²) in [5, 5.41) is 15.5. The van der Waals surface area contributed by atoms with Gasteiger partial charge in [0.05, 0.1) is 36.0 Å². The molecule has 0 amide bonds. The number of pyridine rings is 1. The predicted octanol–water partition coefficient (Wildman–Crippen LogP) is 3.75. The molecule has 10 heteroatoms. The fourth-order valence-corrected chi connectivity index (χ4v) is 7.09. The van der Waals surface area contributed by atoms with Crippen LogP contribution in [-0.4, -0.2) is 86.9 Å². The summed E-state index contributed by atoms with van der Waals surface area (Å²) in [6, 6.07) is 6.17. The topological polar surface area (TPSA) is 85.6 Å². The zero-order valence-corrected chi connectivity index (χ0v) is 22.2. The first-order valence-corrected chi connectivity index (χ1v) is 14.9. The van der Waals surface area contributed by atoms with Gasteiger partial charge in [-0.1, -0.05) is 23.9 Å². The van der Waals surface area contributed by atoms with Crippen molar-refractivity contribution < 1.29 is 5.11 Å². The Balaban J connectivity index is 1.31. The number of aliphatic hydroxyl groups excluding tert-OH is 1. The van der Waals surface area contributed by atoms with Crippen molar-refractivity contribution in [3.05, 3.63) is 36.3 Å². The van der Waals surface area contributed by atoms with Crippen LogP contribution in [0, 0.1) is 0 Å². The van der Waals surface area contributed by atoms with Gasteiger partial charge in [-0.2, -0.15) is 4.98 Å². The molecule has 2 atom stereocenters. The highest BCUT2D eigenvalue weighted by Crippen LogP contribution is 2.48. The van der Waals surface area contributed by atoms with Crippen molar-refractivity contribution in [2.75, 3.05) is 56.7 Å². The lowest BCUT2D eigenvalue weighted by Gasteiger charge is -2.46. The van der Waals surface area contributed by atoms with Crippen LogP contribution in [-0.2, 0) is 5.54 Å². The normalized spacial score (nSPS) is 23.1. The van der Waals surface area contributed by atoms with Gasteiger partial charge in [-0.05, 0) is 38.1 Å². The number of piperazine rings is 1. The maximum atomic E-state index is 11.3. The molecule has 2 N–H and O–H groups in total. The van der Waals surface area contributed by atoms with Crippen molar-refractivity contribution in [1.29, 1.82) is 0 Å². The summed E-state index contributed by atoms with van der Waals surface area (Å²) in [6.07, 6.45) is 13.3. The van der Waals surface area contributed by atoms with E-state index in [1.165, 1.54) is 19.3 Å². The molecule has 2 unspecified atom stereocenters. The third-order valence-corrected chi connectivity index (χ3v) is 9.36. The number of hydrogen-bond acceptors (Lipinski definition) is 8. The molecule has 36 heavy (non-hydrogen) atoms. The second-order valence-corrected chi connectivity index (χ2v) is 12.4. The van der Waals surface area contributed by atoms with E-state index in [9.17, 15) is 5.11 Å². The van der Waals surface area contributed by atoms with Crippen LogP contribution in [0.1, 0.15) is 44.0 Å². The van der Waals surface area contributed by atoms with Crippen molar-refractivity contribution in [3.8, 4) is 0 Å². The molecule has 0 radical (unpaired) electrons. The fraction of sp³-hybridized carbons (Fsp3) is 0.538. The summed E-state index contributed by atoms with van der Waals surface area (Å²) in [5.74, 6) is 1.26. The summed E-state index contributed by atoms with van der Waals surface area (Å²) < 4.78 is 4.52. The zero-order chi connectivity index (χ0) is 24.9. The van der Waals surface area contributed by atoms with Crippen molar-refractivity contribution in [3.63, 3.8) is 0 Å². The maximum Gasteiger partial charge on any atom is 0.230 e. The number of nitrogens with zero attached hydrogens (tertiary/aromatic N) is 7. The molecule has 9 nitrogen and oxygen atoms in total. The summed E-state index contributed by atoms with van der Waals surface area (Å²) >= 11 is 0. The Hall–Kier alpha value is -2.58. The van der Waals surface area contributed by atoms with E-state index in [0.717, 1.165) is 73.8 Å². The molecule has 3 aliphatic rings. The average Bonchev–Trinajstić information content (AvgIpc) is 3.28. The fourth-order valence-electron chi connectivity index (χ4n) is 6.09. The smallest absolute Gasteiger partial charge is 0.230 e. The van der Waals surface area contributed by atoms with Gasteiger partial charge in [0.2, 0.25) is 5.95 Å². The van der Waals surface area contributed by atoms with Crippen LogP contribution in [0.5, 0.6) is 0 Å². The molecule has 1 aliphatic carbocycles. The molecule has 0 aromatic carbocycles. The van der Waals surface area contributed by atoms with Crippen molar-refractivity contribution >= 4 is 42.5 Å². The molecule has 1 saturated heterocycles. The first kappa shape index (κ1) is 23.8. The molecular weight excluding hydrogens is 471 g/mol. The van der Waals surface area contributed by atoms with Crippen molar-refractivity contribution in [2.45, 2.75) is 43.9 Å². The van der Waals surface area contributed by atoms with Crippen LogP contribution in [0.3, 0.4) is 0 Å². The van der Waals surface area contributed by atoms with Gasteiger partial charge in [-0.25, -0.2) is 9.97 Å². The second kappa shape index (κ2) is 9.38. The molecule has 190 valence electrons. The van der Waals surface area contributed by atoms with Crippen LogP contribution >= 0.6 is 7.70 Å². The van der Waals surface area contributed by atoms with Gasteiger partial charge in [-0.15, -0.1) is 0 Å². The van der Waals surface area contributed by atoms with Gasteiger partial charge < -0.3 is 24.8 Å². The van der Waals surface area contributed by atoms with Crippen LogP contribution in [0.2, 0.25) is 0 Å². The molecule has 5 heterocycles. The first-order chi connectivity index (χ1) is 17.4. The van der Waals surface area contributed by atoms with Gasteiger partial charge in [0, 0.05) is 37.8 Å². The molecular formula is C26H36N8OP+. The Morgan fingerprint density at radius 3 is 2.56 bits per heavy atom. The van der Waals surface area contributed by atoms with Crippen molar-refractivity contribution in [1.82, 2.24) is 29.1 Å². The van der Waals surface area contributed by atoms with E-state index in [1.807, 2.05) is 18.5 Å². The predicted molar refractivity (Wildman–Crippen MR) is 147 cm³/mol. The van der Waals surface area contributed by atoms with Crippen LogP contribution < -0.4 is 10.2 Å². The minimum absolute atomic E-state index is 0.0587. The number of rotatable bonds is 4. The Bertz CT molecular complexity index is 1260. The van der Waals surface area contributed by atoms with Gasteiger partial charge in [-0.3, -0.25) is 0 Å². The number of hydrogen-bond donors (Lipinski definition) is 2. The Morgan fingerprint density at radius 1 is 1.08 bits per heavy atom. The van der Waals surface area contributed by atoms with Crippen LogP contribution in [0.4, 0.5) is 17.5 Å². The van der Waals surface area contributed by atoms with Crippen molar-refractivity contribution in [2.24, 2.45) is 0 Å². The molecule has 1 spiro atoms. The highest BCUT2D eigenvalue weighted by atomic mass is 31.1. The van der Waals surface area contributed by atoms with E-state index in [0.29, 0.717) is 5.95 Å². The molecule has 3 aromatic heterocycles. The molecule has 0 bridgehead atoms. The number of anilines is 3. The van der Waals surface area contributed by atoms with Gasteiger partial charge >= 0.3 is 0 Å². The molecule has 2 aliphatic heterocycles. The maximum absolute atomic E-state index is 11.3.